The van der Waals surface area contributed by atoms with Gasteiger partial charge in [0.1, 0.15) is 47.5 Å². The Morgan fingerprint density at radius 2 is 1.84 bits per heavy atom. The van der Waals surface area contributed by atoms with E-state index < -0.39 is 51.5 Å². The van der Waals surface area contributed by atoms with Crippen LogP contribution in [0.3, 0.4) is 0 Å². The number of nitrogens with one attached hydrogen (secondary N) is 1. The number of alkyl carbamates (subject to hydrolysis) is 1. The fraction of sp³-hybridized carbons (Fsp3) is 0.538. The normalized spacial score (nSPS) is 27.1. The molecule has 4 saturated heterocycles. The number of alkyl halides is 2. The predicted molar refractivity (Wildman–Crippen MR) is 206 cm³/mol. The van der Waals surface area contributed by atoms with Crippen LogP contribution in [0.25, 0.3) is 32.9 Å². The minimum Gasteiger partial charge on any atom is -0.461 e. The first-order valence-electron chi connectivity index (χ1n) is 19.5. The van der Waals surface area contributed by atoms with Crippen molar-refractivity contribution in [3.8, 4) is 23.0 Å². The Morgan fingerprint density at radius 1 is 1.03 bits per heavy atom. The Balaban J connectivity index is 0.00000484. The van der Waals surface area contributed by atoms with Gasteiger partial charge in [-0.2, -0.15) is 22.7 Å². The Labute approximate surface area is 333 Å². The second-order valence-electron chi connectivity index (χ2n) is 16.1. The van der Waals surface area contributed by atoms with Gasteiger partial charge in [-0.15, -0.1) is 0 Å². The molecule has 6 aliphatic heterocycles. The van der Waals surface area contributed by atoms with Gasteiger partial charge in [0.15, 0.2) is 5.82 Å². The number of morpholine rings is 1. The van der Waals surface area contributed by atoms with Crippen molar-refractivity contribution in [1.29, 1.82) is 0 Å². The lowest BCUT2D eigenvalue weighted by Gasteiger charge is -2.42. The lowest BCUT2D eigenvalue weighted by Crippen LogP contribution is -2.60. The van der Waals surface area contributed by atoms with E-state index in [-0.39, 0.29) is 137 Å². The molecular formula is C39H45F4N7O7S. The number of anilines is 1. The van der Waals surface area contributed by atoms with Gasteiger partial charge in [-0.25, -0.2) is 22.4 Å². The number of hydrogen-bond acceptors (Lipinski definition) is 12. The first kappa shape index (κ1) is 38.9. The SMILES string of the molecule is C[C@@]12C[C@@H](F)CN(C1)c1nc(OC[C@@]34CCCN3C[C@H](F)C4)nc3c(F)c(ncc13)-c1cc(OS(=O)(=O)N3CCOCC3)cc3ccc(F)c(c13)CCCOC(=O)N2.[HH]. The van der Waals surface area contributed by atoms with Gasteiger partial charge in [-0.1, -0.05) is 6.07 Å². The van der Waals surface area contributed by atoms with Crippen LogP contribution in [0.15, 0.2) is 30.5 Å². The summed E-state index contributed by atoms with van der Waals surface area (Å²) in [5.41, 5.74) is -2.13. The van der Waals surface area contributed by atoms with E-state index in [0.29, 0.717) is 18.4 Å². The highest BCUT2D eigenvalue weighted by molar-refractivity contribution is 7.84. The van der Waals surface area contributed by atoms with E-state index in [9.17, 15) is 17.6 Å². The number of aromatic nitrogens is 3. The topological polar surface area (TPSA) is 149 Å². The second-order valence-corrected chi connectivity index (χ2v) is 17.7. The van der Waals surface area contributed by atoms with Crippen molar-refractivity contribution in [2.45, 2.75) is 68.9 Å². The Morgan fingerprint density at radius 3 is 2.67 bits per heavy atom. The molecule has 2 aromatic heterocycles. The van der Waals surface area contributed by atoms with Crippen LogP contribution in [0, 0.1) is 11.6 Å². The third-order valence-electron chi connectivity index (χ3n) is 11.9. The van der Waals surface area contributed by atoms with Gasteiger partial charge in [-0.3, -0.25) is 9.88 Å². The fourth-order valence-electron chi connectivity index (χ4n) is 9.37. The first-order valence-corrected chi connectivity index (χ1v) is 20.9. The summed E-state index contributed by atoms with van der Waals surface area (Å²) in [6, 6.07) is 5.13. The highest BCUT2D eigenvalue weighted by Crippen LogP contribution is 2.43. The van der Waals surface area contributed by atoms with Crippen LogP contribution < -0.4 is 19.1 Å². The van der Waals surface area contributed by atoms with Crippen LogP contribution in [0.2, 0.25) is 0 Å². The van der Waals surface area contributed by atoms with Crippen molar-refractivity contribution >= 4 is 43.9 Å². The molecular weight excluding hydrogens is 787 g/mol. The highest BCUT2D eigenvalue weighted by atomic mass is 32.2. The lowest BCUT2D eigenvalue weighted by molar-refractivity contribution is 0.0698. The molecule has 0 aliphatic carbocycles. The molecule has 19 heteroatoms. The summed E-state index contributed by atoms with van der Waals surface area (Å²) < 4.78 is 114. The standard InChI is InChI=1S/C39H43F4N7O7S.H2/c1-38-16-24(40)19-48(21-38)35-29-18-44-33(32(43)34(29)45-36(46-35)56-22-39-7-3-8-49(39)20-25(41)17-39)28-15-26(57-58(52,53)50-9-12-54-13-10-50)14-23-5-6-30(42)27(31(23)28)4-2-11-55-37(51)47-38;/h5-6,14-15,18,24-25H,2-4,7-13,16-17,19-22H2,1H3,(H,47,51);1H/t24-,25-,38-,39+;/m1./s1. The highest BCUT2D eigenvalue weighted by Gasteiger charge is 2.49. The summed E-state index contributed by atoms with van der Waals surface area (Å²) in [5, 5.41) is 3.45. The maximum atomic E-state index is 17.5. The monoisotopic (exact) mass is 831 g/mol. The van der Waals surface area contributed by atoms with E-state index in [4.69, 9.17) is 18.4 Å². The molecule has 1 amide bonds. The van der Waals surface area contributed by atoms with Gasteiger partial charge in [0.05, 0.1) is 42.8 Å². The maximum Gasteiger partial charge on any atom is 0.407 e. The molecule has 4 atom stereocenters. The van der Waals surface area contributed by atoms with E-state index >= 15 is 13.2 Å². The number of amides is 1. The third-order valence-corrected chi connectivity index (χ3v) is 13.3. The smallest absolute Gasteiger partial charge is 0.407 e. The summed E-state index contributed by atoms with van der Waals surface area (Å²) in [5.74, 6) is -1.67. The van der Waals surface area contributed by atoms with Crippen LogP contribution in [-0.2, 0) is 26.2 Å². The summed E-state index contributed by atoms with van der Waals surface area (Å²) in [6.07, 6.45) is 0.0245. The third kappa shape index (κ3) is 7.23. The molecule has 14 nitrogen and oxygen atoms in total. The molecule has 0 unspecified atom stereocenters. The predicted octanol–water partition coefficient (Wildman–Crippen LogP) is 5.26. The van der Waals surface area contributed by atoms with Crippen molar-refractivity contribution in [3.63, 3.8) is 0 Å². The van der Waals surface area contributed by atoms with Crippen molar-refractivity contribution in [2.24, 2.45) is 0 Å². The van der Waals surface area contributed by atoms with E-state index in [1.165, 1.54) is 30.5 Å². The minimum absolute atomic E-state index is 0. The molecule has 0 saturated carbocycles. The summed E-state index contributed by atoms with van der Waals surface area (Å²) in [4.78, 5) is 30.5. The summed E-state index contributed by atoms with van der Waals surface area (Å²) in [6.45, 7) is 2.96. The molecule has 0 spiro atoms. The number of nitrogens with zero attached hydrogens (tertiary/aromatic N) is 6. The number of pyridine rings is 1. The quantitative estimate of drug-likeness (QED) is 0.253. The number of carbonyl (C=O) groups is 1. The lowest BCUT2D eigenvalue weighted by atomic mass is 9.90. The zero-order valence-electron chi connectivity index (χ0n) is 31.8. The van der Waals surface area contributed by atoms with E-state index in [1.54, 1.807) is 11.8 Å². The zero-order valence-corrected chi connectivity index (χ0v) is 32.6. The number of benzene rings is 2. The van der Waals surface area contributed by atoms with Gasteiger partial charge in [-0.05, 0) is 73.7 Å². The minimum atomic E-state index is -4.34. The van der Waals surface area contributed by atoms with Crippen LogP contribution >= 0.6 is 0 Å². The van der Waals surface area contributed by atoms with Crippen LogP contribution in [0.4, 0.5) is 28.2 Å². The number of aryl methyl sites for hydroxylation is 1. The zero-order chi connectivity index (χ0) is 40.4. The van der Waals surface area contributed by atoms with Crippen LogP contribution in [-0.4, -0.2) is 128 Å². The number of rotatable bonds is 6. The number of fused-ring (bicyclic) bond motifs is 7. The van der Waals surface area contributed by atoms with Gasteiger partial charge in [0.2, 0.25) is 0 Å². The number of halogens is 4. The van der Waals surface area contributed by atoms with Gasteiger partial charge in [0.25, 0.3) is 0 Å². The number of hydrogen-bond donors (Lipinski definition) is 1. The Kier molecular flexibility index (Phi) is 10.00. The number of ether oxygens (including phenoxy) is 3. The average molecular weight is 832 g/mol. The molecule has 312 valence electrons. The van der Waals surface area contributed by atoms with Crippen LogP contribution in [0.1, 0.15) is 46.0 Å². The first-order chi connectivity index (χ1) is 27.8. The second kappa shape index (κ2) is 14.9. The summed E-state index contributed by atoms with van der Waals surface area (Å²) in [7, 11) is -4.34. The molecule has 1 N–H and O–H groups in total. The van der Waals surface area contributed by atoms with Crippen molar-refractivity contribution in [3.05, 3.63) is 47.7 Å². The molecule has 10 rings (SSSR count). The number of piperidine rings is 1. The van der Waals surface area contributed by atoms with E-state index in [2.05, 4.69) is 25.2 Å². The molecule has 6 aliphatic rings. The molecule has 0 radical (unpaired) electrons. The Bertz CT molecular complexity index is 2400. The van der Waals surface area contributed by atoms with Crippen LogP contribution in [0.5, 0.6) is 11.8 Å². The maximum absolute atomic E-state index is 17.5. The van der Waals surface area contributed by atoms with E-state index in [1.807, 2.05) is 0 Å². The van der Waals surface area contributed by atoms with Crippen molar-refractivity contribution in [2.75, 3.05) is 70.6 Å². The molecule has 2 aromatic carbocycles. The fourth-order valence-corrected chi connectivity index (χ4v) is 10.4. The molecule has 58 heavy (non-hydrogen) atoms. The summed E-state index contributed by atoms with van der Waals surface area (Å²) >= 11 is 0. The Hall–Kier alpha value is -4.59. The molecule has 6 bridgehead atoms. The molecule has 4 fully saturated rings. The molecule has 4 aromatic rings. The van der Waals surface area contributed by atoms with Crippen molar-refractivity contribution in [1.82, 2.24) is 29.5 Å². The van der Waals surface area contributed by atoms with Gasteiger partial charge < -0.3 is 28.6 Å². The van der Waals surface area contributed by atoms with Crippen molar-refractivity contribution < 1.29 is 50.6 Å². The van der Waals surface area contributed by atoms with Gasteiger partial charge in [0, 0.05) is 52.2 Å². The van der Waals surface area contributed by atoms with E-state index in [0.717, 1.165) is 10.7 Å². The van der Waals surface area contributed by atoms with Gasteiger partial charge >= 0.3 is 22.4 Å². The largest absolute Gasteiger partial charge is 0.461 e. The molecule has 8 heterocycles. The average Bonchev–Trinajstić information content (AvgIpc) is 3.71. The number of carbonyl (C=O) groups excluding carboxylic acids is 1.